The molecule has 0 aliphatic carbocycles. The van der Waals surface area contributed by atoms with Crippen LogP contribution in [0.1, 0.15) is 12.0 Å². The second kappa shape index (κ2) is 8.43. The van der Waals surface area contributed by atoms with E-state index < -0.39 is 11.9 Å². The number of hydrogen-bond donors (Lipinski definition) is 2. The minimum absolute atomic E-state index is 0.144. The number of hydrazone groups is 1. The largest absolute Gasteiger partial charge is 0.497 e. The Morgan fingerprint density at radius 3 is 2.57 bits per heavy atom. The number of nitrogens with zero attached hydrogens (tertiary/aromatic N) is 2. The first-order valence-electron chi connectivity index (χ1n) is 8.73. The molecule has 1 aliphatic heterocycles. The number of ether oxygens (including phenoxy) is 2. The quantitative estimate of drug-likeness (QED) is 0.754. The van der Waals surface area contributed by atoms with Crippen molar-refractivity contribution in [3.8, 4) is 11.5 Å². The summed E-state index contributed by atoms with van der Waals surface area (Å²) in [6.45, 7) is 0.227. The van der Waals surface area contributed by atoms with Crippen molar-refractivity contribution in [3.05, 3.63) is 54.1 Å². The third-order valence-electron chi connectivity index (χ3n) is 4.45. The van der Waals surface area contributed by atoms with Gasteiger partial charge in [-0.3, -0.25) is 14.6 Å². The van der Waals surface area contributed by atoms with Gasteiger partial charge in [0.1, 0.15) is 23.3 Å². The number of anilines is 1. The molecule has 146 valence electrons. The monoisotopic (exact) mass is 382 g/mol. The number of rotatable bonds is 7. The Morgan fingerprint density at radius 1 is 1.18 bits per heavy atom. The van der Waals surface area contributed by atoms with E-state index in [1.165, 1.54) is 5.01 Å². The van der Waals surface area contributed by atoms with Crippen LogP contribution in [0.2, 0.25) is 0 Å². The average molecular weight is 382 g/mol. The summed E-state index contributed by atoms with van der Waals surface area (Å²) in [5, 5.41) is 8.63. The number of carbonyl (C=O) groups is 2. The summed E-state index contributed by atoms with van der Waals surface area (Å²) in [4.78, 5) is 24.5. The summed E-state index contributed by atoms with van der Waals surface area (Å²) in [5.74, 6) is 0.391. The molecule has 1 aliphatic rings. The number of benzene rings is 2. The number of carbonyl (C=O) groups excluding carboxylic acids is 2. The van der Waals surface area contributed by atoms with E-state index in [1.807, 2.05) is 18.2 Å². The van der Waals surface area contributed by atoms with Crippen LogP contribution in [-0.4, -0.2) is 37.8 Å². The Labute approximate surface area is 162 Å². The van der Waals surface area contributed by atoms with Gasteiger partial charge >= 0.3 is 0 Å². The van der Waals surface area contributed by atoms with Crippen LogP contribution in [0.25, 0.3) is 0 Å². The van der Waals surface area contributed by atoms with Gasteiger partial charge < -0.3 is 20.5 Å². The maximum Gasteiger partial charge on any atom is 0.267 e. The first kappa shape index (κ1) is 19.2. The van der Waals surface area contributed by atoms with Crippen LogP contribution in [-0.2, 0) is 16.1 Å². The Balaban J connectivity index is 1.75. The lowest BCUT2D eigenvalue weighted by molar-refractivity contribution is -0.119. The van der Waals surface area contributed by atoms with Gasteiger partial charge in [0, 0.05) is 18.5 Å². The van der Waals surface area contributed by atoms with Gasteiger partial charge in [-0.15, -0.1) is 0 Å². The third-order valence-corrected chi connectivity index (χ3v) is 4.45. The zero-order valence-electron chi connectivity index (χ0n) is 15.7. The zero-order chi connectivity index (χ0) is 20.1. The molecule has 2 aromatic rings. The fourth-order valence-corrected chi connectivity index (χ4v) is 2.99. The summed E-state index contributed by atoms with van der Waals surface area (Å²) in [6.07, 6.45) is 0.144. The fourth-order valence-electron chi connectivity index (χ4n) is 2.99. The first-order valence-corrected chi connectivity index (χ1v) is 8.73. The Bertz CT molecular complexity index is 898. The Morgan fingerprint density at radius 2 is 1.93 bits per heavy atom. The lowest BCUT2D eigenvalue weighted by atomic mass is 10.1. The first-order chi connectivity index (χ1) is 13.5. The molecule has 0 aromatic heterocycles. The van der Waals surface area contributed by atoms with Crippen LogP contribution < -0.4 is 25.5 Å². The highest BCUT2D eigenvalue weighted by Gasteiger charge is 2.34. The molecule has 1 atom stereocenters. The molecule has 2 aromatic carbocycles. The lowest BCUT2D eigenvalue weighted by Gasteiger charge is -2.20. The molecule has 8 heteroatoms. The van der Waals surface area contributed by atoms with E-state index in [2.05, 4.69) is 10.4 Å². The van der Waals surface area contributed by atoms with Crippen molar-refractivity contribution in [2.45, 2.75) is 19.0 Å². The Kier molecular flexibility index (Phi) is 5.78. The van der Waals surface area contributed by atoms with E-state index >= 15 is 0 Å². The van der Waals surface area contributed by atoms with Crippen LogP contribution >= 0.6 is 0 Å². The lowest BCUT2D eigenvalue weighted by Crippen LogP contribution is -2.39. The van der Waals surface area contributed by atoms with Crippen molar-refractivity contribution >= 4 is 23.2 Å². The fraction of sp³-hybridized carbons (Fsp3) is 0.250. The normalized spacial score (nSPS) is 15.7. The van der Waals surface area contributed by atoms with Crippen molar-refractivity contribution in [1.82, 2.24) is 5.32 Å². The molecule has 0 bridgehead atoms. The van der Waals surface area contributed by atoms with Crippen molar-refractivity contribution in [2.24, 2.45) is 10.8 Å². The van der Waals surface area contributed by atoms with Crippen molar-refractivity contribution < 1.29 is 19.1 Å². The topological polar surface area (TPSA) is 106 Å². The smallest absolute Gasteiger partial charge is 0.267 e. The molecule has 8 nitrogen and oxygen atoms in total. The number of hydrogen-bond acceptors (Lipinski definition) is 6. The second-order valence-electron chi connectivity index (χ2n) is 6.21. The summed E-state index contributed by atoms with van der Waals surface area (Å²) >= 11 is 0. The van der Waals surface area contributed by atoms with E-state index in [0.29, 0.717) is 17.2 Å². The molecule has 2 amide bonds. The predicted molar refractivity (Wildman–Crippen MR) is 105 cm³/mol. The van der Waals surface area contributed by atoms with Gasteiger partial charge in [0.25, 0.3) is 5.91 Å². The van der Waals surface area contributed by atoms with Crippen LogP contribution in [0, 0.1) is 0 Å². The number of para-hydroxylation sites is 1. The molecule has 28 heavy (non-hydrogen) atoms. The average Bonchev–Trinajstić information content (AvgIpc) is 3.18. The van der Waals surface area contributed by atoms with Gasteiger partial charge in [-0.1, -0.05) is 18.2 Å². The van der Waals surface area contributed by atoms with Gasteiger partial charge in [0.05, 0.1) is 19.9 Å². The maximum absolute atomic E-state index is 12.6. The van der Waals surface area contributed by atoms with E-state index in [9.17, 15) is 9.59 Å². The molecular weight excluding hydrogens is 360 g/mol. The number of nitrogens with one attached hydrogen (secondary N) is 1. The predicted octanol–water partition coefficient (Wildman–Crippen LogP) is 1.44. The molecule has 0 saturated carbocycles. The van der Waals surface area contributed by atoms with Gasteiger partial charge in [0.15, 0.2) is 0 Å². The highest BCUT2D eigenvalue weighted by Crippen LogP contribution is 2.25. The molecule has 0 saturated heterocycles. The molecule has 3 rings (SSSR count). The van der Waals surface area contributed by atoms with Gasteiger partial charge in [-0.05, 0) is 30.3 Å². The molecule has 3 N–H and O–H groups in total. The van der Waals surface area contributed by atoms with Gasteiger partial charge in [0.2, 0.25) is 5.91 Å². The third kappa shape index (κ3) is 4.06. The minimum atomic E-state index is -0.700. The summed E-state index contributed by atoms with van der Waals surface area (Å²) in [6, 6.07) is 13.8. The zero-order valence-corrected chi connectivity index (χ0v) is 15.7. The molecular formula is C20H22N4O4. The summed E-state index contributed by atoms with van der Waals surface area (Å²) in [5.41, 5.74) is 7.21. The number of methoxy groups -OCH3 is 2. The number of primary amides is 1. The van der Waals surface area contributed by atoms with E-state index in [-0.39, 0.29) is 24.6 Å². The number of nitrogens with two attached hydrogens (primary N) is 1. The van der Waals surface area contributed by atoms with Crippen LogP contribution in [0.15, 0.2) is 53.6 Å². The second-order valence-corrected chi connectivity index (χ2v) is 6.21. The van der Waals surface area contributed by atoms with E-state index in [1.54, 1.807) is 44.6 Å². The highest BCUT2D eigenvalue weighted by atomic mass is 16.5. The molecule has 0 radical (unpaired) electrons. The summed E-state index contributed by atoms with van der Waals surface area (Å²) in [7, 11) is 3.13. The van der Waals surface area contributed by atoms with Gasteiger partial charge in [-0.25, -0.2) is 0 Å². The highest BCUT2D eigenvalue weighted by molar-refractivity contribution is 6.40. The Hall–Kier alpha value is -3.55. The molecule has 0 spiro atoms. The van der Waals surface area contributed by atoms with E-state index in [0.717, 1.165) is 5.56 Å². The number of amides is 2. The van der Waals surface area contributed by atoms with Gasteiger partial charge in [-0.2, -0.15) is 5.10 Å². The standard InChI is InChI=1S/C20H22N4O4/c1-27-15-8-9-18(28-2)13(10-15)12-22-20(26)16-11-17(19(21)25)24(23-16)14-6-4-3-5-7-14/h3-10,17H,11-12H2,1-2H3,(H2,21,25)(H,22,26). The SMILES string of the molecule is COc1ccc(OC)c(CNC(=O)C2=NN(c3ccccc3)C(C(N)=O)C2)c1. The van der Waals surface area contributed by atoms with Crippen molar-refractivity contribution in [1.29, 1.82) is 0 Å². The minimum Gasteiger partial charge on any atom is -0.497 e. The maximum atomic E-state index is 12.6. The summed E-state index contributed by atoms with van der Waals surface area (Å²) < 4.78 is 10.5. The van der Waals surface area contributed by atoms with Crippen LogP contribution in [0.3, 0.4) is 0 Å². The van der Waals surface area contributed by atoms with Crippen molar-refractivity contribution in [3.63, 3.8) is 0 Å². The van der Waals surface area contributed by atoms with Crippen LogP contribution in [0.4, 0.5) is 5.69 Å². The van der Waals surface area contributed by atoms with E-state index in [4.69, 9.17) is 15.2 Å². The molecule has 1 unspecified atom stereocenters. The van der Waals surface area contributed by atoms with Crippen molar-refractivity contribution in [2.75, 3.05) is 19.2 Å². The van der Waals surface area contributed by atoms with Crippen LogP contribution in [0.5, 0.6) is 11.5 Å². The molecule has 0 fully saturated rings. The molecule has 1 heterocycles.